The highest BCUT2D eigenvalue weighted by Gasteiger charge is 2.14. The van der Waals surface area contributed by atoms with E-state index >= 15 is 0 Å². The average Bonchev–Trinajstić information content (AvgIpc) is 3.09. The maximum Gasteiger partial charge on any atom is 0.153 e. The van der Waals surface area contributed by atoms with E-state index < -0.39 is 0 Å². The first-order valence-electron chi connectivity index (χ1n) is 6.95. The molecule has 0 unspecified atom stereocenters. The van der Waals surface area contributed by atoms with E-state index in [0.717, 1.165) is 21.7 Å². The number of anilines is 1. The zero-order valence-corrected chi connectivity index (χ0v) is 14.0. The first-order chi connectivity index (χ1) is 10.6. The largest absolute Gasteiger partial charge is 0.353 e. The Morgan fingerprint density at radius 1 is 1.14 bits per heavy atom. The van der Waals surface area contributed by atoms with Gasteiger partial charge in [0.15, 0.2) is 5.82 Å². The first kappa shape index (κ1) is 14.7. The lowest BCUT2D eigenvalue weighted by atomic mass is 10.1. The zero-order chi connectivity index (χ0) is 15.5. The van der Waals surface area contributed by atoms with Gasteiger partial charge in [-0.1, -0.05) is 6.07 Å². The van der Waals surface area contributed by atoms with Crippen LogP contribution in [0.25, 0.3) is 5.82 Å². The molecule has 0 saturated heterocycles. The summed E-state index contributed by atoms with van der Waals surface area (Å²) in [6.07, 6.45) is 7.31. The van der Waals surface area contributed by atoms with Crippen LogP contribution >= 0.6 is 15.9 Å². The molecule has 5 nitrogen and oxygen atoms in total. The predicted octanol–water partition coefficient (Wildman–Crippen LogP) is 3.62. The van der Waals surface area contributed by atoms with Gasteiger partial charge in [0.2, 0.25) is 0 Å². The Labute approximate surface area is 137 Å². The summed E-state index contributed by atoms with van der Waals surface area (Å²) in [6, 6.07) is 10.1. The van der Waals surface area contributed by atoms with E-state index in [-0.39, 0.29) is 6.04 Å². The minimum Gasteiger partial charge on any atom is -0.353 e. The summed E-state index contributed by atoms with van der Waals surface area (Å²) in [5.74, 6) is 1.73. The number of halogens is 1. The maximum absolute atomic E-state index is 4.48. The third-order valence-electron chi connectivity index (χ3n) is 3.65. The number of hydrogen-bond acceptors (Lipinski definition) is 4. The second kappa shape index (κ2) is 6.27. The molecular formula is C16H16BrN5. The molecule has 0 aliphatic carbocycles. The molecular weight excluding hydrogens is 342 g/mol. The van der Waals surface area contributed by atoms with Crippen LogP contribution in [0, 0.1) is 0 Å². The second-order valence-electron chi connectivity index (χ2n) is 5.02. The fourth-order valence-electron chi connectivity index (χ4n) is 2.18. The van der Waals surface area contributed by atoms with Gasteiger partial charge < -0.3 is 4.90 Å². The van der Waals surface area contributed by atoms with Crippen LogP contribution in [0.3, 0.4) is 0 Å². The summed E-state index contributed by atoms with van der Waals surface area (Å²) in [5, 5.41) is 4.18. The molecule has 3 aromatic heterocycles. The fourth-order valence-corrected chi connectivity index (χ4v) is 2.42. The van der Waals surface area contributed by atoms with Crippen LogP contribution in [-0.2, 0) is 0 Å². The van der Waals surface area contributed by atoms with Gasteiger partial charge in [-0.2, -0.15) is 5.10 Å². The number of hydrogen-bond donors (Lipinski definition) is 0. The molecule has 3 heterocycles. The molecule has 3 aromatic rings. The van der Waals surface area contributed by atoms with Gasteiger partial charge in [-0.25, -0.2) is 14.6 Å². The Balaban J connectivity index is 1.79. The van der Waals surface area contributed by atoms with Crippen molar-refractivity contribution in [3.8, 4) is 5.82 Å². The first-order valence-corrected chi connectivity index (χ1v) is 7.75. The molecule has 3 rings (SSSR count). The van der Waals surface area contributed by atoms with Gasteiger partial charge in [0, 0.05) is 36.3 Å². The minimum atomic E-state index is 0.174. The molecule has 0 bridgehead atoms. The van der Waals surface area contributed by atoms with Crippen LogP contribution in [0.5, 0.6) is 0 Å². The Bertz CT molecular complexity index is 722. The summed E-state index contributed by atoms with van der Waals surface area (Å²) in [7, 11) is 2.03. The molecule has 0 aromatic carbocycles. The van der Waals surface area contributed by atoms with Crippen molar-refractivity contribution in [2.75, 3.05) is 11.9 Å². The lowest BCUT2D eigenvalue weighted by molar-refractivity contribution is 0.722. The highest BCUT2D eigenvalue weighted by molar-refractivity contribution is 9.10. The van der Waals surface area contributed by atoms with Crippen molar-refractivity contribution >= 4 is 21.7 Å². The van der Waals surface area contributed by atoms with Gasteiger partial charge in [0.1, 0.15) is 5.82 Å². The summed E-state index contributed by atoms with van der Waals surface area (Å²) in [5.41, 5.74) is 1.13. The molecule has 0 fully saturated rings. The van der Waals surface area contributed by atoms with Crippen molar-refractivity contribution in [3.05, 3.63) is 65.2 Å². The van der Waals surface area contributed by atoms with E-state index in [1.165, 1.54) is 0 Å². The van der Waals surface area contributed by atoms with Crippen LogP contribution in [0.15, 0.2) is 59.6 Å². The summed E-state index contributed by atoms with van der Waals surface area (Å²) in [6.45, 7) is 2.13. The smallest absolute Gasteiger partial charge is 0.153 e. The van der Waals surface area contributed by atoms with Crippen molar-refractivity contribution in [1.29, 1.82) is 0 Å². The Morgan fingerprint density at radius 3 is 2.59 bits per heavy atom. The van der Waals surface area contributed by atoms with E-state index in [4.69, 9.17) is 0 Å². The molecule has 0 N–H and O–H groups in total. The monoisotopic (exact) mass is 357 g/mol. The third kappa shape index (κ3) is 3.01. The van der Waals surface area contributed by atoms with Gasteiger partial charge in [-0.3, -0.25) is 0 Å². The lowest BCUT2D eigenvalue weighted by Gasteiger charge is -2.26. The number of aromatic nitrogens is 4. The van der Waals surface area contributed by atoms with E-state index in [1.807, 2.05) is 43.7 Å². The van der Waals surface area contributed by atoms with Crippen LogP contribution < -0.4 is 4.90 Å². The predicted molar refractivity (Wildman–Crippen MR) is 90.1 cm³/mol. The van der Waals surface area contributed by atoms with E-state index in [1.54, 1.807) is 17.1 Å². The second-order valence-corrected chi connectivity index (χ2v) is 5.94. The van der Waals surface area contributed by atoms with Crippen molar-refractivity contribution in [3.63, 3.8) is 0 Å². The summed E-state index contributed by atoms with van der Waals surface area (Å²) >= 11 is 3.40. The molecule has 0 amide bonds. The molecule has 0 radical (unpaired) electrons. The van der Waals surface area contributed by atoms with E-state index in [0.29, 0.717) is 0 Å². The molecule has 112 valence electrons. The minimum absolute atomic E-state index is 0.174. The SMILES string of the molecule is C[C@@H](c1ccc(-n2cccn2)nc1)N(C)c1ccc(Br)cn1. The Hall–Kier alpha value is -2.21. The van der Waals surface area contributed by atoms with Crippen molar-refractivity contribution < 1.29 is 0 Å². The standard InChI is InChI=1S/C16H16BrN5/c1-12(21(2)15-7-5-14(17)11-19-15)13-4-6-16(18-10-13)22-9-3-8-20-22/h3-12H,1-2H3/t12-/m0/s1. The molecule has 0 aliphatic rings. The highest BCUT2D eigenvalue weighted by Crippen LogP contribution is 2.24. The van der Waals surface area contributed by atoms with Crippen molar-refractivity contribution in [1.82, 2.24) is 19.7 Å². The van der Waals surface area contributed by atoms with Crippen LogP contribution in [0.2, 0.25) is 0 Å². The maximum atomic E-state index is 4.48. The normalized spacial score (nSPS) is 12.1. The zero-order valence-electron chi connectivity index (χ0n) is 12.4. The molecule has 1 atom stereocenters. The van der Waals surface area contributed by atoms with Crippen LogP contribution in [-0.4, -0.2) is 26.8 Å². The van der Waals surface area contributed by atoms with Gasteiger partial charge in [-0.05, 0) is 52.7 Å². The van der Waals surface area contributed by atoms with E-state index in [2.05, 4.69) is 48.9 Å². The summed E-state index contributed by atoms with van der Waals surface area (Å²) in [4.78, 5) is 11.0. The van der Waals surface area contributed by atoms with Gasteiger partial charge in [-0.15, -0.1) is 0 Å². The van der Waals surface area contributed by atoms with Crippen molar-refractivity contribution in [2.45, 2.75) is 13.0 Å². The topological polar surface area (TPSA) is 46.8 Å². The van der Waals surface area contributed by atoms with Gasteiger partial charge in [0.25, 0.3) is 0 Å². The number of nitrogens with zero attached hydrogens (tertiary/aromatic N) is 5. The fraction of sp³-hybridized carbons (Fsp3) is 0.188. The molecule has 0 aliphatic heterocycles. The quantitative estimate of drug-likeness (QED) is 0.715. The Kier molecular flexibility index (Phi) is 4.20. The molecule has 0 saturated carbocycles. The van der Waals surface area contributed by atoms with Gasteiger partial charge >= 0.3 is 0 Å². The highest BCUT2D eigenvalue weighted by atomic mass is 79.9. The van der Waals surface area contributed by atoms with Gasteiger partial charge in [0.05, 0.1) is 6.04 Å². The third-order valence-corrected chi connectivity index (χ3v) is 4.12. The number of rotatable bonds is 4. The van der Waals surface area contributed by atoms with Crippen molar-refractivity contribution in [2.24, 2.45) is 0 Å². The summed E-state index contributed by atoms with van der Waals surface area (Å²) < 4.78 is 2.72. The number of pyridine rings is 2. The molecule has 22 heavy (non-hydrogen) atoms. The van der Waals surface area contributed by atoms with Crippen LogP contribution in [0.1, 0.15) is 18.5 Å². The molecule has 6 heteroatoms. The van der Waals surface area contributed by atoms with E-state index in [9.17, 15) is 0 Å². The van der Waals surface area contributed by atoms with Crippen LogP contribution in [0.4, 0.5) is 5.82 Å². The lowest BCUT2D eigenvalue weighted by Crippen LogP contribution is -2.22. The molecule has 0 spiro atoms. The Morgan fingerprint density at radius 2 is 2.00 bits per heavy atom. The average molecular weight is 358 g/mol.